The van der Waals surface area contributed by atoms with Gasteiger partial charge in [0.1, 0.15) is 11.8 Å². The lowest BCUT2D eigenvalue weighted by molar-refractivity contribution is -0.143. The molecule has 0 bridgehead atoms. The zero-order chi connectivity index (χ0) is 17.8. The summed E-state index contributed by atoms with van der Waals surface area (Å²) >= 11 is 0. The van der Waals surface area contributed by atoms with Crippen molar-refractivity contribution in [1.82, 2.24) is 4.90 Å². The summed E-state index contributed by atoms with van der Waals surface area (Å²) in [4.78, 5) is 25.9. The quantitative estimate of drug-likeness (QED) is 0.926. The van der Waals surface area contributed by atoms with Gasteiger partial charge in [-0.05, 0) is 43.0 Å². The van der Waals surface area contributed by atoms with Crippen LogP contribution >= 0.6 is 0 Å². The van der Waals surface area contributed by atoms with E-state index in [1.54, 1.807) is 25.3 Å². The number of nitrogens with zero attached hydrogens (tertiary/aromatic N) is 1. The molecule has 5 nitrogen and oxygen atoms in total. The number of piperidine rings is 1. The fourth-order valence-electron chi connectivity index (χ4n) is 3.28. The van der Waals surface area contributed by atoms with Gasteiger partial charge in [-0.3, -0.25) is 4.79 Å². The maximum Gasteiger partial charge on any atom is 0.326 e. The molecular weight excluding hydrogens is 318 g/mol. The van der Waals surface area contributed by atoms with E-state index in [0.717, 1.165) is 24.0 Å². The van der Waals surface area contributed by atoms with Gasteiger partial charge in [-0.25, -0.2) is 4.79 Å². The van der Waals surface area contributed by atoms with E-state index in [9.17, 15) is 14.7 Å². The zero-order valence-electron chi connectivity index (χ0n) is 14.1. The van der Waals surface area contributed by atoms with Gasteiger partial charge in [-0.2, -0.15) is 0 Å². The van der Waals surface area contributed by atoms with E-state index < -0.39 is 12.0 Å². The number of aliphatic carboxylic acids is 1. The minimum absolute atomic E-state index is 0.244. The molecule has 0 unspecified atom stereocenters. The van der Waals surface area contributed by atoms with Gasteiger partial charge < -0.3 is 14.7 Å². The Morgan fingerprint density at radius 1 is 1.12 bits per heavy atom. The molecule has 1 fully saturated rings. The van der Waals surface area contributed by atoms with Gasteiger partial charge in [-0.15, -0.1) is 0 Å². The second-order valence-electron chi connectivity index (χ2n) is 6.13. The van der Waals surface area contributed by atoms with Crippen LogP contribution in [0.5, 0.6) is 5.75 Å². The van der Waals surface area contributed by atoms with Crippen molar-refractivity contribution in [2.24, 2.45) is 0 Å². The third kappa shape index (κ3) is 3.50. The van der Waals surface area contributed by atoms with E-state index >= 15 is 0 Å². The molecule has 5 heteroatoms. The lowest BCUT2D eigenvalue weighted by Crippen LogP contribution is -2.47. The van der Waals surface area contributed by atoms with Crippen molar-refractivity contribution in [1.29, 1.82) is 0 Å². The van der Waals surface area contributed by atoms with Gasteiger partial charge in [-0.1, -0.05) is 30.3 Å². The minimum atomic E-state index is -0.940. The average molecular weight is 339 g/mol. The maximum absolute atomic E-state index is 12.9. The number of likely N-dealkylation sites (tertiary alicyclic amines) is 1. The van der Waals surface area contributed by atoms with Crippen LogP contribution < -0.4 is 4.74 Å². The Kier molecular flexibility index (Phi) is 5.03. The summed E-state index contributed by atoms with van der Waals surface area (Å²) in [5, 5.41) is 9.41. The summed E-state index contributed by atoms with van der Waals surface area (Å²) in [6.45, 7) is 0.475. The lowest BCUT2D eigenvalue weighted by Gasteiger charge is -2.33. The predicted molar refractivity (Wildman–Crippen MR) is 94.7 cm³/mol. The Morgan fingerprint density at radius 3 is 2.56 bits per heavy atom. The van der Waals surface area contributed by atoms with Crippen LogP contribution in [0.1, 0.15) is 29.6 Å². The van der Waals surface area contributed by atoms with Crippen LogP contribution in [0.15, 0.2) is 48.5 Å². The maximum atomic E-state index is 12.9. The van der Waals surface area contributed by atoms with Crippen molar-refractivity contribution in [3.8, 4) is 16.9 Å². The second kappa shape index (κ2) is 7.38. The summed E-state index contributed by atoms with van der Waals surface area (Å²) in [5.74, 6) is -0.507. The smallest absolute Gasteiger partial charge is 0.326 e. The Bertz CT molecular complexity index is 773. The van der Waals surface area contributed by atoms with Crippen molar-refractivity contribution < 1.29 is 19.4 Å². The summed E-state index contributed by atoms with van der Waals surface area (Å²) in [6.07, 6.45) is 2.17. The molecule has 25 heavy (non-hydrogen) atoms. The SMILES string of the molecule is COc1ccc(C(=O)N2CCCC[C@@H]2C(=O)O)cc1-c1ccccc1. The number of benzene rings is 2. The number of carboxylic acids is 1. The molecule has 1 saturated heterocycles. The predicted octanol–water partition coefficient (Wildman–Crippen LogP) is 3.44. The van der Waals surface area contributed by atoms with E-state index in [2.05, 4.69) is 0 Å². The molecule has 0 radical (unpaired) electrons. The second-order valence-corrected chi connectivity index (χ2v) is 6.13. The lowest BCUT2D eigenvalue weighted by atomic mass is 9.98. The van der Waals surface area contributed by atoms with Gasteiger partial charge >= 0.3 is 5.97 Å². The summed E-state index contributed by atoms with van der Waals surface area (Å²) in [5.41, 5.74) is 2.24. The Labute approximate surface area is 146 Å². The molecule has 3 rings (SSSR count). The van der Waals surface area contributed by atoms with Crippen LogP contribution in [-0.2, 0) is 4.79 Å². The molecule has 0 aromatic heterocycles. The molecule has 1 aliphatic rings. The van der Waals surface area contributed by atoms with E-state index in [4.69, 9.17) is 4.74 Å². The Balaban J connectivity index is 1.97. The van der Waals surface area contributed by atoms with E-state index in [0.29, 0.717) is 24.3 Å². The highest BCUT2D eigenvalue weighted by molar-refractivity contribution is 5.98. The topological polar surface area (TPSA) is 66.8 Å². The van der Waals surface area contributed by atoms with Crippen molar-refractivity contribution >= 4 is 11.9 Å². The third-order valence-electron chi connectivity index (χ3n) is 4.58. The van der Waals surface area contributed by atoms with Crippen molar-refractivity contribution in [3.63, 3.8) is 0 Å². The van der Waals surface area contributed by atoms with E-state index in [1.165, 1.54) is 4.90 Å². The molecule has 0 spiro atoms. The molecule has 1 heterocycles. The van der Waals surface area contributed by atoms with Crippen LogP contribution in [0.4, 0.5) is 0 Å². The molecular formula is C20H21NO4. The fraction of sp³-hybridized carbons (Fsp3) is 0.300. The van der Waals surface area contributed by atoms with Gasteiger partial charge in [0.2, 0.25) is 0 Å². The first-order valence-corrected chi connectivity index (χ1v) is 8.39. The van der Waals surface area contributed by atoms with Crippen LogP contribution in [0, 0.1) is 0 Å². The number of carboxylic acid groups (broad SMARTS) is 1. The first-order valence-electron chi connectivity index (χ1n) is 8.39. The number of rotatable bonds is 4. The Hall–Kier alpha value is -2.82. The van der Waals surface area contributed by atoms with E-state index in [1.807, 2.05) is 30.3 Å². The summed E-state index contributed by atoms with van der Waals surface area (Å²) < 4.78 is 5.42. The number of hydrogen-bond acceptors (Lipinski definition) is 3. The van der Waals surface area contributed by atoms with Crippen LogP contribution in [-0.4, -0.2) is 41.6 Å². The number of ether oxygens (including phenoxy) is 1. The minimum Gasteiger partial charge on any atom is -0.496 e. The van der Waals surface area contributed by atoms with Crippen LogP contribution in [0.3, 0.4) is 0 Å². The molecule has 2 aromatic rings. The molecule has 0 aliphatic carbocycles. The number of amides is 1. The highest BCUT2D eigenvalue weighted by atomic mass is 16.5. The van der Waals surface area contributed by atoms with E-state index in [-0.39, 0.29) is 5.91 Å². The first-order chi connectivity index (χ1) is 12.1. The van der Waals surface area contributed by atoms with Crippen molar-refractivity contribution in [2.45, 2.75) is 25.3 Å². The van der Waals surface area contributed by atoms with Gasteiger partial charge in [0.05, 0.1) is 7.11 Å². The van der Waals surface area contributed by atoms with Crippen molar-refractivity contribution in [3.05, 3.63) is 54.1 Å². The molecule has 1 atom stereocenters. The normalized spacial score (nSPS) is 17.2. The van der Waals surface area contributed by atoms with Gasteiger partial charge in [0, 0.05) is 17.7 Å². The molecule has 2 aromatic carbocycles. The monoisotopic (exact) mass is 339 g/mol. The molecule has 1 aliphatic heterocycles. The van der Waals surface area contributed by atoms with Crippen LogP contribution in [0.2, 0.25) is 0 Å². The number of methoxy groups -OCH3 is 1. The average Bonchev–Trinajstić information content (AvgIpc) is 2.67. The highest BCUT2D eigenvalue weighted by Gasteiger charge is 2.32. The van der Waals surface area contributed by atoms with Crippen molar-refractivity contribution in [2.75, 3.05) is 13.7 Å². The fourth-order valence-corrected chi connectivity index (χ4v) is 3.28. The summed E-state index contributed by atoms with van der Waals surface area (Å²) in [6, 6.07) is 14.2. The molecule has 0 saturated carbocycles. The van der Waals surface area contributed by atoms with Crippen LogP contribution in [0.25, 0.3) is 11.1 Å². The largest absolute Gasteiger partial charge is 0.496 e. The highest BCUT2D eigenvalue weighted by Crippen LogP contribution is 2.31. The van der Waals surface area contributed by atoms with Gasteiger partial charge in [0.15, 0.2) is 0 Å². The number of hydrogen-bond donors (Lipinski definition) is 1. The zero-order valence-corrected chi connectivity index (χ0v) is 14.1. The molecule has 1 amide bonds. The standard InChI is InChI=1S/C20H21NO4/c1-25-18-11-10-15(13-16(18)14-7-3-2-4-8-14)19(22)21-12-6-5-9-17(21)20(23)24/h2-4,7-8,10-11,13,17H,5-6,9,12H2,1H3,(H,23,24)/t17-/m1/s1. The first kappa shape index (κ1) is 17.0. The molecule has 130 valence electrons. The molecule has 1 N–H and O–H groups in total. The third-order valence-corrected chi connectivity index (χ3v) is 4.58. The Morgan fingerprint density at radius 2 is 1.88 bits per heavy atom. The number of carbonyl (C=O) groups is 2. The summed E-state index contributed by atoms with van der Waals surface area (Å²) in [7, 11) is 1.59. The number of carbonyl (C=O) groups excluding carboxylic acids is 1. The van der Waals surface area contributed by atoms with Gasteiger partial charge in [0.25, 0.3) is 5.91 Å².